The van der Waals surface area contributed by atoms with Crippen LogP contribution in [0.5, 0.6) is 0 Å². The second kappa shape index (κ2) is 7.17. The summed E-state index contributed by atoms with van der Waals surface area (Å²) in [7, 11) is 0. The minimum absolute atomic E-state index is 0.130. The van der Waals surface area contributed by atoms with Crippen LogP contribution in [0, 0.1) is 10.1 Å². The van der Waals surface area contributed by atoms with E-state index in [2.05, 4.69) is 10.3 Å². The number of H-pyrrole nitrogens is 1. The van der Waals surface area contributed by atoms with Gasteiger partial charge in [0.15, 0.2) is 0 Å². The van der Waals surface area contributed by atoms with Gasteiger partial charge < -0.3 is 10.3 Å². The molecular formula is C23H14N4O5. The van der Waals surface area contributed by atoms with E-state index in [0.717, 1.165) is 4.90 Å². The Kier molecular flexibility index (Phi) is 4.30. The zero-order chi connectivity index (χ0) is 22.4. The van der Waals surface area contributed by atoms with Crippen LogP contribution in [0.15, 0.2) is 72.8 Å². The van der Waals surface area contributed by atoms with E-state index >= 15 is 0 Å². The van der Waals surface area contributed by atoms with E-state index in [1.165, 1.54) is 18.2 Å². The van der Waals surface area contributed by atoms with E-state index in [4.69, 9.17) is 0 Å². The third-order valence-corrected chi connectivity index (χ3v) is 5.23. The third-order valence-electron chi connectivity index (χ3n) is 5.23. The lowest BCUT2D eigenvalue weighted by Gasteiger charge is -2.15. The molecule has 0 saturated heterocycles. The molecule has 32 heavy (non-hydrogen) atoms. The molecule has 2 heterocycles. The Hall–Kier alpha value is -4.79. The highest BCUT2D eigenvalue weighted by Gasteiger charge is 2.36. The number of rotatable bonds is 4. The first-order valence-corrected chi connectivity index (χ1v) is 9.59. The van der Waals surface area contributed by atoms with Gasteiger partial charge >= 0.3 is 0 Å². The standard InChI is InChI=1S/C23H14N4O5/c28-21(18-11-13-5-3-10-19(27(31)32)20(13)25-18)24-14-6-4-7-15(12-14)26-22(29)16-8-1-2-9-17(16)23(26)30/h1-12,25H,(H,24,28). The minimum atomic E-state index is -0.522. The van der Waals surface area contributed by atoms with E-state index in [1.807, 2.05) is 0 Å². The highest BCUT2D eigenvalue weighted by molar-refractivity contribution is 6.34. The summed E-state index contributed by atoms with van der Waals surface area (Å²) in [6, 6.07) is 19.0. The molecule has 5 rings (SSSR count). The van der Waals surface area contributed by atoms with Gasteiger partial charge in [0.2, 0.25) is 0 Å². The Labute approximate surface area is 180 Å². The third kappa shape index (κ3) is 3.00. The number of nitro benzene ring substituents is 1. The number of non-ortho nitro benzene ring substituents is 1. The van der Waals surface area contributed by atoms with Crippen LogP contribution in [-0.4, -0.2) is 27.6 Å². The summed E-state index contributed by atoms with van der Waals surface area (Å²) in [6.45, 7) is 0. The summed E-state index contributed by atoms with van der Waals surface area (Å²) in [5, 5.41) is 14.4. The normalized spacial score (nSPS) is 12.8. The number of nitro groups is 1. The summed E-state index contributed by atoms with van der Waals surface area (Å²) < 4.78 is 0. The van der Waals surface area contributed by atoms with Crippen molar-refractivity contribution in [3.8, 4) is 0 Å². The average molecular weight is 426 g/mol. The van der Waals surface area contributed by atoms with Gasteiger partial charge in [0.1, 0.15) is 11.2 Å². The van der Waals surface area contributed by atoms with Gasteiger partial charge in [-0.25, -0.2) is 4.90 Å². The van der Waals surface area contributed by atoms with Gasteiger partial charge in [0, 0.05) is 17.1 Å². The van der Waals surface area contributed by atoms with E-state index in [9.17, 15) is 24.5 Å². The zero-order valence-electron chi connectivity index (χ0n) is 16.4. The molecule has 0 radical (unpaired) electrons. The van der Waals surface area contributed by atoms with E-state index < -0.39 is 22.6 Å². The molecule has 0 unspecified atom stereocenters. The summed E-state index contributed by atoms with van der Waals surface area (Å²) >= 11 is 0. The monoisotopic (exact) mass is 426 g/mol. The molecular weight excluding hydrogens is 412 g/mol. The number of amides is 3. The molecule has 156 valence electrons. The van der Waals surface area contributed by atoms with Crippen LogP contribution >= 0.6 is 0 Å². The number of carbonyl (C=O) groups is 3. The number of imide groups is 1. The van der Waals surface area contributed by atoms with Gasteiger partial charge in [0.25, 0.3) is 23.4 Å². The molecule has 1 aliphatic heterocycles. The predicted octanol–water partition coefficient (Wildman–Crippen LogP) is 4.13. The number of para-hydroxylation sites is 1. The van der Waals surface area contributed by atoms with Gasteiger partial charge in [-0.2, -0.15) is 0 Å². The first kappa shape index (κ1) is 19.2. The average Bonchev–Trinajstić information content (AvgIpc) is 3.33. The van der Waals surface area contributed by atoms with Crippen LogP contribution in [0.25, 0.3) is 10.9 Å². The Morgan fingerprint density at radius 2 is 1.59 bits per heavy atom. The highest BCUT2D eigenvalue weighted by Crippen LogP contribution is 2.30. The van der Waals surface area contributed by atoms with Crippen molar-refractivity contribution in [2.75, 3.05) is 10.2 Å². The van der Waals surface area contributed by atoms with Crippen LogP contribution in [0.2, 0.25) is 0 Å². The lowest BCUT2D eigenvalue weighted by molar-refractivity contribution is -0.383. The molecule has 0 atom stereocenters. The number of benzene rings is 3. The SMILES string of the molecule is O=C(Nc1cccc(N2C(=O)c3ccccc3C2=O)c1)c1cc2cccc([N+](=O)[O-])c2[nH]1. The fourth-order valence-electron chi connectivity index (χ4n) is 3.76. The van der Waals surface area contributed by atoms with Crippen molar-refractivity contribution in [2.24, 2.45) is 0 Å². The number of carbonyl (C=O) groups excluding carboxylic acids is 3. The molecule has 0 bridgehead atoms. The van der Waals surface area contributed by atoms with Crippen molar-refractivity contribution >= 4 is 45.7 Å². The summed E-state index contributed by atoms with van der Waals surface area (Å²) in [6.07, 6.45) is 0. The smallest absolute Gasteiger partial charge is 0.293 e. The van der Waals surface area contributed by atoms with Crippen molar-refractivity contribution in [1.82, 2.24) is 4.98 Å². The predicted molar refractivity (Wildman–Crippen MR) is 117 cm³/mol. The first-order chi connectivity index (χ1) is 15.4. The van der Waals surface area contributed by atoms with Crippen LogP contribution in [0.4, 0.5) is 17.1 Å². The molecule has 0 fully saturated rings. The Morgan fingerprint density at radius 3 is 2.28 bits per heavy atom. The van der Waals surface area contributed by atoms with E-state index in [-0.39, 0.29) is 16.9 Å². The molecule has 1 aliphatic rings. The molecule has 9 nitrogen and oxygen atoms in total. The number of nitrogens with one attached hydrogen (secondary N) is 2. The first-order valence-electron chi connectivity index (χ1n) is 9.59. The van der Waals surface area contributed by atoms with Crippen LogP contribution in [0.3, 0.4) is 0 Å². The van der Waals surface area contributed by atoms with Crippen molar-refractivity contribution in [2.45, 2.75) is 0 Å². The van der Waals surface area contributed by atoms with E-state index in [0.29, 0.717) is 27.9 Å². The molecule has 3 aromatic carbocycles. The molecule has 0 saturated carbocycles. The highest BCUT2D eigenvalue weighted by atomic mass is 16.6. The second-order valence-electron chi connectivity index (χ2n) is 7.18. The maximum atomic E-state index is 12.7. The number of aromatic nitrogens is 1. The molecule has 0 spiro atoms. The number of aromatic amines is 1. The van der Waals surface area contributed by atoms with Gasteiger partial charge in [-0.3, -0.25) is 24.5 Å². The molecule has 9 heteroatoms. The quantitative estimate of drug-likeness (QED) is 0.288. The number of fused-ring (bicyclic) bond motifs is 2. The lowest BCUT2D eigenvalue weighted by Crippen LogP contribution is -2.29. The fraction of sp³-hybridized carbons (Fsp3) is 0. The van der Waals surface area contributed by atoms with Crippen LogP contribution < -0.4 is 10.2 Å². The van der Waals surface area contributed by atoms with Crippen LogP contribution in [0.1, 0.15) is 31.2 Å². The molecule has 3 amide bonds. The van der Waals surface area contributed by atoms with Crippen LogP contribution in [-0.2, 0) is 0 Å². The van der Waals surface area contributed by atoms with Crippen molar-refractivity contribution in [3.05, 3.63) is 99.7 Å². The van der Waals surface area contributed by atoms with Crippen molar-refractivity contribution in [1.29, 1.82) is 0 Å². The topological polar surface area (TPSA) is 125 Å². The lowest BCUT2D eigenvalue weighted by atomic mass is 10.1. The van der Waals surface area contributed by atoms with Crippen molar-refractivity contribution in [3.63, 3.8) is 0 Å². The van der Waals surface area contributed by atoms with Crippen molar-refractivity contribution < 1.29 is 19.3 Å². The van der Waals surface area contributed by atoms with Gasteiger partial charge in [-0.1, -0.05) is 30.3 Å². The zero-order valence-corrected chi connectivity index (χ0v) is 16.4. The molecule has 4 aromatic rings. The van der Waals surface area contributed by atoms with Gasteiger partial charge in [-0.05, 0) is 36.4 Å². The molecule has 0 aliphatic carbocycles. The van der Waals surface area contributed by atoms with E-state index in [1.54, 1.807) is 54.6 Å². The Bertz CT molecular complexity index is 1420. The Balaban J connectivity index is 1.43. The molecule has 1 aromatic heterocycles. The van der Waals surface area contributed by atoms with Gasteiger partial charge in [-0.15, -0.1) is 0 Å². The fourth-order valence-corrected chi connectivity index (χ4v) is 3.76. The molecule has 2 N–H and O–H groups in total. The summed E-state index contributed by atoms with van der Waals surface area (Å²) in [5.41, 5.74) is 1.59. The largest absolute Gasteiger partial charge is 0.345 e. The number of hydrogen-bond donors (Lipinski definition) is 2. The number of anilines is 2. The maximum Gasteiger partial charge on any atom is 0.293 e. The number of hydrogen-bond acceptors (Lipinski definition) is 5. The number of nitrogens with zero attached hydrogens (tertiary/aromatic N) is 2. The summed E-state index contributed by atoms with van der Waals surface area (Å²) in [4.78, 5) is 52.7. The minimum Gasteiger partial charge on any atom is -0.345 e. The second-order valence-corrected chi connectivity index (χ2v) is 7.18. The Morgan fingerprint density at radius 1 is 0.906 bits per heavy atom. The summed E-state index contributed by atoms with van der Waals surface area (Å²) in [5.74, 6) is -1.39. The van der Waals surface area contributed by atoms with Gasteiger partial charge in [0.05, 0.1) is 21.7 Å². The maximum absolute atomic E-state index is 12.7.